The molecule has 1 aliphatic carbocycles. The third-order valence-corrected chi connectivity index (χ3v) is 5.69. The minimum atomic E-state index is -0.312. The summed E-state index contributed by atoms with van der Waals surface area (Å²) >= 11 is 0. The molecule has 7 nitrogen and oxygen atoms in total. The Balaban J connectivity index is 1.55. The minimum absolute atomic E-state index is 0.0196. The fraction of sp³-hybridized carbons (Fsp3) is 0.476. The Morgan fingerprint density at radius 1 is 1.39 bits per heavy atom. The molecule has 2 aliphatic rings. The molecule has 1 amide bonds. The van der Waals surface area contributed by atoms with Crippen LogP contribution in [0.25, 0.3) is 0 Å². The zero-order valence-electron chi connectivity index (χ0n) is 16.1. The average Bonchev–Trinajstić information content (AvgIpc) is 3.08. The van der Waals surface area contributed by atoms with Gasteiger partial charge >= 0.3 is 0 Å². The fourth-order valence-electron chi connectivity index (χ4n) is 4.12. The highest BCUT2D eigenvalue weighted by atomic mass is 16.5. The fourth-order valence-corrected chi connectivity index (χ4v) is 4.12. The van der Waals surface area contributed by atoms with Crippen LogP contribution in [0.5, 0.6) is 5.75 Å². The summed E-state index contributed by atoms with van der Waals surface area (Å²) in [5.41, 5.74) is 2.85. The highest BCUT2D eigenvalue weighted by Crippen LogP contribution is 2.39. The number of aliphatic hydroxyl groups excluding tert-OH is 1. The number of amides is 1. The highest BCUT2D eigenvalue weighted by molar-refractivity contribution is 5.79. The van der Waals surface area contributed by atoms with Gasteiger partial charge in [-0.3, -0.25) is 9.59 Å². The normalized spacial score (nSPS) is 21.4. The molecule has 148 valence electrons. The van der Waals surface area contributed by atoms with E-state index in [2.05, 4.69) is 21.4 Å². The second-order valence-corrected chi connectivity index (χ2v) is 7.79. The van der Waals surface area contributed by atoms with E-state index in [4.69, 9.17) is 4.74 Å². The van der Waals surface area contributed by atoms with Crippen LogP contribution in [0.1, 0.15) is 47.1 Å². The summed E-state index contributed by atoms with van der Waals surface area (Å²) in [5.74, 6) is 1.39. The van der Waals surface area contributed by atoms with Crippen LogP contribution in [0, 0.1) is 19.8 Å². The summed E-state index contributed by atoms with van der Waals surface area (Å²) in [4.78, 5) is 31.9. The number of aromatic nitrogens is 2. The van der Waals surface area contributed by atoms with E-state index < -0.39 is 0 Å². The molecule has 1 saturated carbocycles. The molecule has 0 unspecified atom stereocenters. The van der Waals surface area contributed by atoms with Gasteiger partial charge < -0.3 is 20.1 Å². The molecule has 2 heterocycles. The zero-order chi connectivity index (χ0) is 19.8. The largest absolute Gasteiger partial charge is 0.493 e. The quantitative estimate of drug-likeness (QED) is 0.726. The van der Waals surface area contributed by atoms with Crippen molar-refractivity contribution in [3.8, 4) is 5.75 Å². The van der Waals surface area contributed by atoms with Gasteiger partial charge in [0.15, 0.2) is 0 Å². The molecule has 1 aromatic carbocycles. The number of benzene rings is 1. The predicted molar refractivity (Wildman–Crippen MR) is 103 cm³/mol. The number of hydrogen-bond donors (Lipinski definition) is 3. The van der Waals surface area contributed by atoms with E-state index in [0.717, 1.165) is 23.3 Å². The molecule has 28 heavy (non-hydrogen) atoms. The van der Waals surface area contributed by atoms with Gasteiger partial charge in [0.05, 0.1) is 25.2 Å². The maximum Gasteiger partial charge on any atom is 0.254 e. The lowest BCUT2D eigenvalue weighted by Gasteiger charge is -2.38. The van der Waals surface area contributed by atoms with Gasteiger partial charge in [0, 0.05) is 17.7 Å². The van der Waals surface area contributed by atoms with Crippen LogP contribution in [-0.2, 0) is 17.6 Å². The lowest BCUT2D eigenvalue weighted by atomic mass is 9.74. The lowest BCUT2D eigenvalue weighted by Crippen LogP contribution is -2.42. The molecule has 7 heteroatoms. The van der Waals surface area contributed by atoms with Gasteiger partial charge in [-0.1, -0.05) is 6.07 Å². The van der Waals surface area contributed by atoms with Gasteiger partial charge in [0.25, 0.3) is 5.56 Å². The second kappa shape index (κ2) is 7.39. The molecule has 4 rings (SSSR count). The van der Waals surface area contributed by atoms with Gasteiger partial charge in [-0.2, -0.15) is 0 Å². The van der Waals surface area contributed by atoms with Crippen molar-refractivity contribution in [2.45, 2.75) is 51.7 Å². The molecule has 2 aromatic rings. The van der Waals surface area contributed by atoms with Gasteiger partial charge in [-0.05, 0) is 55.9 Å². The van der Waals surface area contributed by atoms with Crippen LogP contribution in [0.2, 0.25) is 0 Å². The highest BCUT2D eigenvalue weighted by Gasteiger charge is 2.36. The molecule has 0 radical (unpaired) electrons. The average molecular weight is 383 g/mol. The standard InChI is InChI=1S/C21H25N3O4/c1-11-17(21(27)23-12(2)22-11)10-19(26)24-20(15-8-16(25)9-15)14-3-4-18-13(7-14)5-6-28-18/h3-4,7,15-16,20,25H,5-6,8-10H2,1-2H3,(H,24,26)(H,22,23,27)/t15?,16?,20-/m0/s1. The summed E-state index contributed by atoms with van der Waals surface area (Å²) in [6.45, 7) is 4.14. The lowest BCUT2D eigenvalue weighted by molar-refractivity contribution is -0.122. The van der Waals surface area contributed by atoms with E-state index in [-0.39, 0.29) is 36.0 Å². The van der Waals surface area contributed by atoms with E-state index in [1.807, 2.05) is 12.1 Å². The Kier molecular flexibility index (Phi) is 4.93. The maximum absolute atomic E-state index is 12.8. The smallest absolute Gasteiger partial charge is 0.254 e. The Labute approximate surface area is 163 Å². The van der Waals surface area contributed by atoms with Crippen LogP contribution < -0.4 is 15.6 Å². The predicted octanol–water partition coefficient (Wildman–Crippen LogP) is 1.49. The number of nitrogens with zero attached hydrogens (tertiary/aromatic N) is 1. The number of aromatic amines is 1. The SMILES string of the molecule is Cc1nc(C)c(CC(=O)N[C@@H](c2ccc3c(c2)CCO3)C2CC(O)C2)c(=O)[nH]1. The van der Waals surface area contributed by atoms with Crippen molar-refractivity contribution < 1.29 is 14.6 Å². The molecule has 0 spiro atoms. The van der Waals surface area contributed by atoms with Gasteiger partial charge in [-0.25, -0.2) is 4.98 Å². The van der Waals surface area contributed by atoms with Crippen molar-refractivity contribution in [1.82, 2.24) is 15.3 Å². The second-order valence-electron chi connectivity index (χ2n) is 7.79. The first-order chi connectivity index (χ1) is 13.4. The number of fused-ring (bicyclic) bond motifs is 1. The number of carbonyl (C=O) groups is 1. The summed E-state index contributed by atoms with van der Waals surface area (Å²) in [6.07, 6.45) is 1.84. The molecule has 1 atom stereocenters. The molecule has 1 aromatic heterocycles. The Bertz CT molecular complexity index is 963. The molecule has 0 bridgehead atoms. The summed E-state index contributed by atoms with van der Waals surface area (Å²) in [7, 11) is 0. The maximum atomic E-state index is 12.8. The van der Waals surface area contributed by atoms with Gasteiger partial charge in [0.1, 0.15) is 11.6 Å². The van der Waals surface area contributed by atoms with Crippen LogP contribution >= 0.6 is 0 Å². The summed E-state index contributed by atoms with van der Waals surface area (Å²) < 4.78 is 5.57. The van der Waals surface area contributed by atoms with Crippen molar-refractivity contribution in [1.29, 1.82) is 0 Å². The molecule has 0 saturated heterocycles. The first kappa shape index (κ1) is 18.7. The number of ether oxygens (including phenoxy) is 1. The first-order valence-corrected chi connectivity index (χ1v) is 9.70. The molecule has 1 aliphatic heterocycles. The number of nitrogens with one attached hydrogen (secondary N) is 2. The van der Waals surface area contributed by atoms with E-state index in [9.17, 15) is 14.7 Å². The number of H-pyrrole nitrogens is 1. The molecular formula is C21H25N3O4. The van der Waals surface area contributed by atoms with Crippen molar-refractivity contribution >= 4 is 5.91 Å². The molecule has 1 fully saturated rings. The minimum Gasteiger partial charge on any atom is -0.493 e. The number of hydrogen-bond acceptors (Lipinski definition) is 5. The van der Waals surface area contributed by atoms with E-state index in [0.29, 0.717) is 36.5 Å². The number of rotatable bonds is 5. The first-order valence-electron chi connectivity index (χ1n) is 9.70. The number of aryl methyl sites for hydroxylation is 2. The monoisotopic (exact) mass is 383 g/mol. The number of aliphatic hydroxyl groups is 1. The zero-order valence-corrected chi connectivity index (χ0v) is 16.1. The third kappa shape index (κ3) is 3.67. The molecular weight excluding hydrogens is 358 g/mol. The van der Waals surface area contributed by atoms with Crippen molar-refractivity contribution in [3.05, 3.63) is 56.8 Å². The van der Waals surface area contributed by atoms with Crippen molar-refractivity contribution in [2.75, 3.05) is 6.61 Å². The summed E-state index contributed by atoms with van der Waals surface area (Å²) in [6, 6.07) is 5.82. The van der Waals surface area contributed by atoms with Crippen molar-refractivity contribution in [2.24, 2.45) is 5.92 Å². The third-order valence-electron chi connectivity index (χ3n) is 5.69. The van der Waals surface area contributed by atoms with Crippen molar-refractivity contribution in [3.63, 3.8) is 0 Å². The summed E-state index contributed by atoms with van der Waals surface area (Å²) in [5, 5.41) is 12.8. The van der Waals surface area contributed by atoms with Gasteiger partial charge in [-0.15, -0.1) is 0 Å². The van der Waals surface area contributed by atoms with E-state index in [1.54, 1.807) is 13.8 Å². The van der Waals surface area contributed by atoms with Gasteiger partial charge in [0.2, 0.25) is 5.91 Å². The van der Waals surface area contributed by atoms with Crippen LogP contribution in [-0.4, -0.2) is 33.7 Å². The van der Waals surface area contributed by atoms with Crippen LogP contribution in [0.4, 0.5) is 0 Å². The van der Waals surface area contributed by atoms with Crippen LogP contribution in [0.3, 0.4) is 0 Å². The topological polar surface area (TPSA) is 104 Å². The Morgan fingerprint density at radius 2 is 2.18 bits per heavy atom. The number of carbonyl (C=O) groups excluding carboxylic acids is 1. The Morgan fingerprint density at radius 3 is 2.89 bits per heavy atom. The van der Waals surface area contributed by atoms with Crippen LogP contribution in [0.15, 0.2) is 23.0 Å². The Hall–Kier alpha value is -2.67. The molecule has 3 N–H and O–H groups in total. The van der Waals surface area contributed by atoms with E-state index >= 15 is 0 Å². The van der Waals surface area contributed by atoms with E-state index in [1.165, 1.54) is 0 Å².